The van der Waals surface area contributed by atoms with Gasteiger partial charge in [-0.1, -0.05) is 146 Å². The molecule has 0 spiro atoms. The van der Waals surface area contributed by atoms with Gasteiger partial charge in [-0.2, -0.15) is 0 Å². The van der Waals surface area contributed by atoms with Crippen LogP contribution in [0.5, 0.6) is 0 Å². The Morgan fingerprint density at radius 3 is 1.43 bits per heavy atom. The third-order valence-corrected chi connectivity index (χ3v) is 9.30. The van der Waals surface area contributed by atoms with Crippen molar-refractivity contribution in [2.75, 3.05) is 0 Å². The summed E-state index contributed by atoms with van der Waals surface area (Å²) >= 11 is 0. The van der Waals surface area contributed by atoms with E-state index in [4.69, 9.17) is 21.0 Å². The highest BCUT2D eigenvalue weighted by Gasteiger charge is 2.18. The van der Waals surface area contributed by atoms with Crippen LogP contribution in [0.2, 0.25) is 0 Å². The molecule has 238 valence electrons. The molecule has 4 heteroatoms. The Balaban J connectivity index is 1.29. The van der Waals surface area contributed by atoms with Crippen LogP contribution in [0.4, 0.5) is 5.69 Å². The number of para-hydroxylation sites is 2. The Morgan fingerprint density at radius 1 is 0.373 bits per heavy atom. The van der Waals surface area contributed by atoms with E-state index in [0.29, 0.717) is 5.69 Å². The number of hydrogen-bond acceptors (Lipinski definition) is 3. The molecule has 0 amide bonds. The minimum atomic E-state index is 0.601. The van der Waals surface area contributed by atoms with Gasteiger partial charge in [0.15, 0.2) is 5.69 Å². The zero-order chi connectivity index (χ0) is 34.1. The molecule has 0 aliphatic rings. The number of rotatable bonds is 6. The highest BCUT2D eigenvalue weighted by Crippen LogP contribution is 2.41. The summed E-state index contributed by atoms with van der Waals surface area (Å²) in [5, 5.41) is 2.10. The topological polar surface area (TPSA) is 43.3 Å². The zero-order valence-corrected chi connectivity index (χ0v) is 27.5. The molecule has 0 saturated carbocycles. The standard InChI is InChI=1S/C47H29N3O/c1-48-37-25-23-31(24-26-37)35-27-44(36-29-42(33-15-7-3-8-16-33)49-43(30-36)34-17-9-4-10-18-34)50-45(28-35)41-22-12-21-40-39-20-11-19-38(46(39)51-47(40)41)32-13-5-2-6-14-32/h2-30H. The molecule has 0 radical (unpaired) electrons. The smallest absolute Gasteiger partial charge is 0.187 e. The van der Waals surface area contributed by atoms with Gasteiger partial charge in [0, 0.05) is 38.6 Å². The minimum absolute atomic E-state index is 0.601. The molecule has 4 nitrogen and oxygen atoms in total. The second kappa shape index (κ2) is 12.7. The van der Waals surface area contributed by atoms with E-state index in [0.717, 1.165) is 89.2 Å². The number of pyridine rings is 2. The number of nitrogens with zero attached hydrogens (tertiary/aromatic N) is 3. The fraction of sp³-hybridized carbons (Fsp3) is 0. The molecule has 0 aliphatic heterocycles. The Morgan fingerprint density at radius 2 is 0.843 bits per heavy atom. The van der Waals surface area contributed by atoms with E-state index in [1.807, 2.05) is 66.7 Å². The third kappa shape index (κ3) is 5.63. The van der Waals surface area contributed by atoms with Crippen LogP contribution in [0, 0.1) is 6.57 Å². The summed E-state index contributed by atoms with van der Waals surface area (Å²) in [6.07, 6.45) is 0. The molecule has 3 heterocycles. The SMILES string of the molecule is [C-]#[N+]c1ccc(-c2cc(-c3cc(-c4ccccc4)nc(-c4ccccc4)c3)nc(-c3cccc4c3oc3c(-c5ccccc5)cccc34)c2)cc1. The van der Waals surface area contributed by atoms with Gasteiger partial charge in [0.2, 0.25) is 0 Å². The second-order valence-corrected chi connectivity index (χ2v) is 12.5. The lowest BCUT2D eigenvalue weighted by Crippen LogP contribution is -1.95. The van der Waals surface area contributed by atoms with Crippen LogP contribution in [0.3, 0.4) is 0 Å². The second-order valence-electron chi connectivity index (χ2n) is 12.5. The molecule has 51 heavy (non-hydrogen) atoms. The Kier molecular flexibility index (Phi) is 7.50. The number of aromatic nitrogens is 2. The van der Waals surface area contributed by atoms with E-state index >= 15 is 0 Å². The first-order valence-electron chi connectivity index (χ1n) is 16.9. The average molecular weight is 652 g/mol. The predicted molar refractivity (Wildman–Crippen MR) is 208 cm³/mol. The van der Waals surface area contributed by atoms with Gasteiger partial charge in [-0.05, 0) is 47.0 Å². The molecule has 0 N–H and O–H groups in total. The Hall–Kier alpha value is -7.09. The van der Waals surface area contributed by atoms with Crippen LogP contribution in [-0.2, 0) is 0 Å². The molecule has 6 aromatic carbocycles. The summed E-state index contributed by atoms with van der Waals surface area (Å²) in [6, 6.07) is 59.7. The van der Waals surface area contributed by atoms with Crippen molar-refractivity contribution in [2.24, 2.45) is 0 Å². The maximum atomic E-state index is 7.49. The normalized spacial score (nSPS) is 11.1. The quantitative estimate of drug-likeness (QED) is 0.168. The van der Waals surface area contributed by atoms with Crippen LogP contribution in [0.1, 0.15) is 0 Å². The Bertz CT molecular complexity index is 2670. The van der Waals surface area contributed by atoms with Crippen LogP contribution >= 0.6 is 0 Å². The van der Waals surface area contributed by atoms with Crippen molar-refractivity contribution in [3.8, 4) is 67.3 Å². The van der Waals surface area contributed by atoms with Crippen LogP contribution in [-0.4, -0.2) is 9.97 Å². The Labute approximate surface area is 295 Å². The van der Waals surface area contributed by atoms with E-state index in [-0.39, 0.29) is 0 Å². The van der Waals surface area contributed by atoms with E-state index in [9.17, 15) is 0 Å². The fourth-order valence-electron chi connectivity index (χ4n) is 6.77. The average Bonchev–Trinajstić information content (AvgIpc) is 3.61. The first-order valence-corrected chi connectivity index (χ1v) is 16.9. The van der Waals surface area contributed by atoms with Gasteiger partial charge in [-0.3, -0.25) is 0 Å². The summed E-state index contributed by atoms with van der Waals surface area (Å²) in [4.78, 5) is 14.1. The van der Waals surface area contributed by atoms with Gasteiger partial charge < -0.3 is 4.42 Å². The molecule has 9 rings (SSSR count). The van der Waals surface area contributed by atoms with Gasteiger partial charge >= 0.3 is 0 Å². The summed E-state index contributed by atoms with van der Waals surface area (Å²) in [5.74, 6) is 0. The van der Waals surface area contributed by atoms with Crippen molar-refractivity contribution in [1.82, 2.24) is 9.97 Å². The van der Waals surface area contributed by atoms with Gasteiger partial charge in [-0.25, -0.2) is 14.8 Å². The van der Waals surface area contributed by atoms with E-state index in [2.05, 4.69) is 114 Å². The van der Waals surface area contributed by atoms with Gasteiger partial charge in [0.1, 0.15) is 11.2 Å². The highest BCUT2D eigenvalue weighted by molar-refractivity contribution is 6.13. The van der Waals surface area contributed by atoms with Gasteiger partial charge in [0.05, 0.1) is 29.3 Å². The zero-order valence-electron chi connectivity index (χ0n) is 27.5. The van der Waals surface area contributed by atoms with Crippen LogP contribution < -0.4 is 0 Å². The van der Waals surface area contributed by atoms with Crippen molar-refractivity contribution in [3.05, 3.63) is 187 Å². The molecular weight excluding hydrogens is 623 g/mol. The first-order chi connectivity index (χ1) is 25.2. The van der Waals surface area contributed by atoms with Crippen LogP contribution in [0.25, 0.3) is 94.1 Å². The molecule has 9 aromatic rings. The first kappa shape index (κ1) is 30.0. The number of furan rings is 1. The minimum Gasteiger partial charge on any atom is -0.455 e. The molecule has 0 unspecified atom stereocenters. The molecule has 0 aliphatic carbocycles. The van der Waals surface area contributed by atoms with E-state index in [1.165, 1.54) is 0 Å². The van der Waals surface area contributed by atoms with Crippen molar-refractivity contribution < 1.29 is 4.42 Å². The summed E-state index contributed by atoms with van der Waals surface area (Å²) in [5.41, 5.74) is 13.7. The maximum Gasteiger partial charge on any atom is 0.187 e. The molecular formula is C47H29N3O. The van der Waals surface area contributed by atoms with E-state index in [1.54, 1.807) is 0 Å². The van der Waals surface area contributed by atoms with Crippen LogP contribution in [0.15, 0.2) is 180 Å². The summed E-state index contributed by atoms with van der Waals surface area (Å²) in [7, 11) is 0. The number of benzene rings is 6. The van der Waals surface area contributed by atoms with E-state index < -0.39 is 0 Å². The largest absolute Gasteiger partial charge is 0.455 e. The molecule has 0 saturated heterocycles. The monoisotopic (exact) mass is 651 g/mol. The van der Waals surface area contributed by atoms with Gasteiger partial charge in [0.25, 0.3) is 0 Å². The lowest BCUT2D eigenvalue weighted by molar-refractivity contribution is 0.671. The third-order valence-electron chi connectivity index (χ3n) is 9.30. The lowest BCUT2D eigenvalue weighted by Gasteiger charge is -2.13. The van der Waals surface area contributed by atoms with Gasteiger partial charge in [-0.15, -0.1) is 0 Å². The van der Waals surface area contributed by atoms with Crippen molar-refractivity contribution in [3.63, 3.8) is 0 Å². The van der Waals surface area contributed by atoms with Crippen molar-refractivity contribution in [1.29, 1.82) is 0 Å². The number of fused-ring (bicyclic) bond motifs is 3. The predicted octanol–water partition coefficient (Wildman–Crippen LogP) is 12.9. The molecule has 0 bridgehead atoms. The molecule has 3 aromatic heterocycles. The lowest BCUT2D eigenvalue weighted by atomic mass is 9.97. The summed E-state index contributed by atoms with van der Waals surface area (Å²) in [6.45, 7) is 7.49. The number of hydrogen-bond donors (Lipinski definition) is 0. The van der Waals surface area contributed by atoms with Crippen molar-refractivity contribution in [2.45, 2.75) is 0 Å². The molecule has 0 fully saturated rings. The fourth-order valence-corrected chi connectivity index (χ4v) is 6.77. The maximum absolute atomic E-state index is 7.49. The highest BCUT2D eigenvalue weighted by atomic mass is 16.3. The molecule has 0 atom stereocenters. The van der Waals surface area contributed by atoms with Crippen molar-refractivity contribution >= 4 is 27.6 Å². The summed E-state index contributed by atoms with van der Waals surface area (Å²) < 4.78 is 6.82.